The molecule has 1 aliphatic heterocycles. The van der Waals surface area contributed by atoms with Crippen molar-refractivity contribution in [1.29, 1.82) is 0 Å². The summed E-state index contributed by atoms with van der Waals surface area (Å²) in [6.07, 6.45) is 1.01. The number of piperidine rings is 1. The molecular weight excluding hydrogens is 444 g/mol. The molecule has 28 heavy (non-hydrogen) atoms. The SMILES string of the molecule is COc1cccc(NC(=O)C2CCN(S(=O)(=O)Cc3cccc(Br)c3)CC2)c1. The molecule has 1 amide bonds. The van der Waals surface area contributed by atoms with Crippen LogP contribution in [-0.2, 0) is 20.6 Å². The quantitative estimate of drug-likeness (QED) is 0.704. The first kappa shape index (κ1) is 20.8. The van der Waals surface area contributed by atoms with Gasteiger partial charge in [-0.25, -0.2) is 12.7 Å². The van der Waals surface area contributed by atoms with Crippen LogP contribution >= 0.6 is 15.9 Å². The van der Waals surface area contributed by atoms with Crippen molar-refractivity contribution in [1.82, 2.24) is 4.31 Å². The van der Waals surface area contributed by atoms with E-state index in [2.05, 4.69) is 21.2 Å². The minimum atomic E-state index is -3.41. The Morgan fingerprint density at radius 1 is 1.18 bits per heavy atom. The van der Waals surface area contributed by atoms with E-state index >= 15 is 0 Å². The summed E-state index contributed by atoms with van der Waals surface area (Å²) >= 11 is 3.36. The molecule has 1 saturated heterocycles. The Hall–Kier alpha value is -1.90. The lowest BCUT2D eigenvalue weighted by atomic mass is 9.97. The maximum absolute atomic E-state index is 12.7. The number of anilines is 1. The molecule has 3 rings (SSSR count). The van der Waals surface area contributed by atoms with Crippen LogP contribution in [0.5, 0.6) is 5.75 Å². The molecular formula is C20H23BrN2O4S. The van der Waals surface area contributed by atoms with E-state index in [1.165, 1.54) is 4.31 Å². The number of hydrogen-bond acceptors (Lipinski definition) is 4. The van der Waals surface area contributed by atoms with E-state index in [0.717, 1.165) is 10.0 Å². The zero-order valence-electron chi connectivity index (χ0n) is 15.6. The van der Waals surface area contributed by atoms with Crippen molar-refractivity contribution in [3.05, 3.63) is 58.6 Å². The van der Waals surface area contributed by atoms with Crippen molar-refractivity contribution >= 4 is 37.5 Å². The molecule has 1 N–H and O–H groups in total. The zero-order chi connectivity index (χ0) is 20.1. The van der Waals surface area contributed by atoms with Gasteiger partial charge in [-0.05, 0) is 42.7 Å². The number of rotatable bonds is 6. The number of benzene rings is 2. The van der Waals surface area contributed by atoms with Crippen LogP contribution in [0.15, 0.2) is 53.0 Å². The summed E-state index contributed by atoms with van der Waals surface area (Å²) in [4.78, 5) is 12.5. The fourth-order valence-electron chi connectivity index (χ4n) is 3.27. The van der Waals surface area contributed by atoms with Gasteiger partial charge in [0.2, 0.25) is 15.9 Å². The molecule has 6 nitrogen and oxygen atoms in total. The van der Waals surface area contributed by atoms with Gasteiger partial charge >= 0.3 is 0 Å². The lowest BCUT2D eigenvalue weighted by Crippen LogP contribution is -2.41. The van der Waals surface area contributed by atoms with Crippen LogP contribution in [0, 0.1) is 5.92 Å². The molecule has 0 spiro atoms. The van der Waals surface area contributed by atoms with Crippen molar-refractivity contribution in [2.75, 3.05) is 25.5 Å². The number of carbonyl (C=O) groups excluding carboxylic acids is 1. The fourth-order valence-corrected chi connectivity index (χ4v) is 5.27. The average molecular weight is 467 g/mol. The van der Waals surface area contributed by atoms with Gasteiger partial charge in [-0.2, -0.15) is 0 Å². The van der Waals surface area contributed by atoms with E-state index in [9.17, 15) is 13.2 Å². The van der Waals surface area contributed by atoms with Crippen LogP contribution < -0.4 is 10.1 Å². The van der Waals surface area contributed by atoms with Gasteiger partial charge in [-0.3, -0.25) is 4.79 Å². The van der Waals surface area contributed by atoms with Crippen molar-refractivity contribution in [3.8, 4) is 5.75 Å². The molecule has 0 radical (unpaired) electrons. The Bertz CT molecular complexity index is 941. The molecule has 0 unspecified atom stereocenters. The minimum Gasteiger partial charge on any atom is -0.497 e. The number of amides is 1. The Kier molecular flexibility index (Phi) is 6.74. The Labute approximate surface area is 174 Å². The van der Waals surface area contributed by atoms with Crippen LogP contribution in [-0.4, -0.2) is 38.8 Å². The highest BCUT2D eigenvalue weighted by atomic mass is 79.9. The summed E-state index contributed by atoms with van der Waals surface area (Å²) in [5.74, 6) is 0.347. The van der Waals surface area contributed by atoms with Crippen LogP contribution in [0.1, 0.15) is 18.4 Å². The highest BCUT2D eigenvalue weighted by Gasteiger charge is 2.31. The van der Waals surface area contributed by atoms with Crippen molar-refractivity contribution in [2.45, 2.75) is 18.6 Å². The van der Waals surface area contributed by atoms with Crippen LogP contribution in [0.25, 0.3) is 0 Å². The second-order valence-electron chi connectivity index (χ2n) is 6.78. The Balaban J connectivity index is 1.56. The van der Waals surface area contributed by atoms with Gasteiger partial charge in [0.05, 0.1) is 12.9 Å². The Morgan fingerprint density at radius 2 is 1.89 bits per heavy atom. The zero-order valence-corrected chi connectivity index (χ0v) is 18.0. The second kappa shape index (κ2) is 9.07. The number of nitrogens with zero attached hydrogens (tertiary/aromatic N) is 1. The predicted octanol–water partition coefficient (Wildman–Crippen LogP) is 3.64. The van der Waals surface area contributed by atoms with Crippen LogP contribution in [0.4, 0.5) is 5.69 Å². The molecule has 0 aromatic heterocycles. The van der Waals surface area contributed by atoms with E-state index < -0.39 is 10.0 Å². The third-order valence-electron chi connectivity index (χ3n) is 4.79. The lowest BCUT2D eigenvalue weighted by molar-refractivity contribution is -0.120. The van der Waals surface area contributed by atoms with E-state index in [1.54, 1.807) is 25.3 Å². The largest absolute Gasteiger partial charge is 0.497 e. The predicted molar refractivity (Wildman–Crippen MR) is 113 cm³/mol. The smallest absolute Gasteiger partial charge is 0.227 e. The normalized spacial score (nSPS) is 15.9. The average Bonchev–Trinajstić information content (AvgIpc) is 2.68. The molecule has 0 bridgehead atoms. The number of nitrogens with one attached hydrogen (secondary N) is 1. The molecule has 150 valence electrons. The number of methoxy groups -OCH3 is 1. The van der Waals surface area contributed by atoms with Gasteiger partial charge in [0.25, 0.3) is 0 Å². The first-order chi connectivity index (χ1) is 13.4. The first-order valence-corrected chi connectivity index (χ1v) is 11.4. The van der Waals surface area contributed by atoms with Crippen LogP contribution in [0.2, 0.25) is 0 Å². The molecule has 0 aliphatic carbocycles. The highest BCUT2D eigenvalue weighted by Crippen LogP contribution is 2.24. The summed E-state index contributed by atoms with van der Waals surface area (Å²) in [5, 5.41) is 2.89. The fraction of sp³-hybridized carbons (Fsp3) is 0.350. The number of carbonyl (C=O) groups is 1. The molecule has 1 aliphatic rings. The van der Waals surface area contributed by atoms with Gasteiger partial charge in [0.15, 0.2) is 0 Å². The van der Waals surface area contributed by atoms with Gasteiger partial charge in [-0.15, -0.1) is 0 Å². The number of sulfonamides is 1. The van der Waals surface area contributed by atoms with Crippen LogP contribution in [0.3, 0.4) is 0 Å². The van der Waals surface area contributed by atoms with E-state index in [4.69, 9.17) is 4.74 Å². The lowest BCUT2D eigenvalue weighted by Gasteiger charge is -2.30. The monoisotopic (exact) mass is 466 g/mol. The van der Waals surface area contributed by atoms with Gasteiger partial charge in [-0.1, -0.05) is 34.1 Å². The summed E-state index contributed by atoms with van der Waals surface area (Å²) in [7, 11) is -1.83. The number of ether oxygens (including phenoxy) is 1. The summed E-state index contributed by atoms with van der Waals surface area (Å²) in [6.45, 7) is 0.707. The third kappa shape index (κ3) is 5.33. The molecule has 1 fully saturated rings. The van der Waals surface area contributed by atoms with Crippen molar-refractivity contribution < 1.29 is 17.9 Å². The number of hydrogen-bond donors (Lipinski definition) is 1. The summed E-state index contributed by atoms with van der Waals surface area (Å²) in [6, 6.07) is 14.5. The molecule has 0 atom stereocenters. The minimum absolute atomic E-state index is 0.0346. The topological polar surface area (TPSA) is 75.7 Å². The second-order valence-corrected chi connectivity index (χ2v) is 9.67. The highest BCUT2D eigenvalue weighted by molar-refractivity contribution is 9.10. The van der Waals surface area contributed by atoms with Crippen molar-refractivity contribution in [3.63, 3.8) is 0 Å². The molecule has 8 heteroatoms. The summed E-state index contributed by atoms with van der Waals surface area (Å²) < 4.78 is 32.9. The van der Waals surface area contributed by atoms with Crippen molar-refractivity contribution in [2.24, 2.45) is 5.92 Å². The standard InChI is InChI=1S/C20H23BrN2O4S/c1-27-19-7-3-6-18(13-19)22-20(24)16-8-10-23(11-9-16)28(25,26)14-15-4-2-5-17(21)12-15/h2-7,12-13,16H,8-11,14H2,1H3,(H,22,24). The number of halogens is 1. The molecule has 2 aromatic carbocycles. The van der Waals surface area contributed by atoms with Gasteiger partial charge in [0.1, 0.15) is 5.75 Å². The molecule has 1 heterocycles. The maximum Gasteiger partial charge on any atom is 0.227 e. The summed E-state index contributed by atoms with van der Waals surface area (Å²) in [5.41, 5.74) is 1.42. The third-order valence-corrected chi connectivity index (χ3v) is 7.14. The van der Waals surface area contributed by atoms with Gasteiger partial charge < -0.3 is 10.1 Å². The maximum atomic E-state index is 12.7. The van der Waals surface area contributed by atoms with E-state index in [1.807, 2.05) is 30.3 Å². The molecule has 0 saturated carbocycles. The van der Waals surface area contributed by atoms with E-state index in [-0.39, 0.29) is 17.6 Å². The van der Waals surface area contributed by atoms with Gasteiger partial charge in [0, 0.05) is 35.2 Å². The molecule has 2 aromatic rings. The van der Waals surface area contributed by atoms with E-state index in [0.29, 0.717) is 37.4 Å². The Morgan fingerprint density at radius 3 is 2.57 bits per heavy atom. The first-order valence-electron chi connectivity index (χ1n) is 9.04.